The Morgan fingerprint density at radius 1 is 1.35 bits per heavy atom. The van der Waals surface area contributed by atoms with E-state index in [1.165, 1.54) is 5.56 Å². The highest BCUT2D eigenvalue weighted by molar-refractivity contribution is 5.84. The number of rotatable bonds is 3. The van der Waals surface area contributed by atoms with E-state index in [2.05, 4.69) is 39.0 Å². The van der Waals surface area contributed by atoms with Crippen molar-refractivity contribution in [2.45, 2.75) is 39.5 Å². The molecule has 2 heteroatoms. The highest BCUT2D eigenvalue weighted by atomic mass is 16.3. The number of benzene rings is 1. The molecule has 2 nitrogen and oxygen atoms in total. The molecule has 0 bridgehead atoms. The molecule has 0 radical (unpaired) electrons. The van der Waals surface area contributed by atoms with E-state index in [9.17, 15) is 0 Å². The van der Waals surface area contributed by atoms with Crippen LogP contribution in [0.3, 0.4) is 0 Å². The summed E-state index contributed by atoms with van der Waals surface area (Å²) in [6.07, 6.45) is 2.20. The second-order valence-electron chi connectivity index (χ2n) is 4.69. The van der Waals surface area contributed by atoms with Crippen LogP contribution in [0.15, 0.2) is 22.6 Å². The molecule has 0 spiro atoms. The van der Waals surface area contributed by atoms with Crippen LogP contribution < -0.4 is 0 Å². The third-order valence-corrected chi connectivity index (χ3v) is 3.01. The molecule has 0 aliphatic rings. The summed E-state index contributed by atoms with van der Waals surface area (Å²) in [6, 6.07) is 8.38. The number of fused-ring (bicyclic) bond motifs is 1. The van der Waals surface area contributed by atoms with Gasteiger partial charge in [0.15, 0.2) is 0 Å². The molecule has 0 fully saturated rings. The summed E-state index contributed by atoms with van der Waals surface area (Å²) in [7, 11) is 0. The van der Waals surface area contributed by atoms with Crippen molar-refractivity contribution >= 4 is 11.0 Å². The third-order valence-electron chi connectivity index (χ3n) is 3.01. The van der Waals surface area contributed by atoms with Gasteiger partial charge in [0.1, 0.15) is 11.7 Å². The molecule has 0 N–H and O–H groups in total. The fourth-order valence-corrected chi connectivity index (χ4v) is 2.26. The van der Waals surface area contributed by atoms with Gasteiger partial charge in [-0.1, -0.05) is 33.3 Å². The van der Waals surface area contributed by atoms with Crippen LogP contribution in [0.5, 0.6) is 0 Å². The van der Waals surface area contributed by atoms with Crippen molar-refractivity contribution < 1.29 is 4.42 Å². The Hall–Kier alpha value is -1.75. The Labute approximate surface area is 102 Å². The molecule has 0 aliphatic carbocycles. The minimum Gasteiger partial charge on any atom is -0.445 e. The molecule has 1 aromatic carbocycles. The Kier molecular flexibility index (Phi) is 3.19. The van der Waals surface area contributed by atoms with Gasteiger partial charge < -0.3 is 4.42 Å². The van der Waals surface area contributed by atoms with E-state index in [1.807, 2.05) is 6.07 Å². The Morgan fingerprint density at radius 2 is 2.12 bits per heavy atom. The Morgan fingerprint density at radius 3 is 2.71 bits per heavy atom. The second-order valence-corrected chi connectivity index (χ2v) is 4.69. The maximum atomic E-state index is 9.10. The Balaban J connectivity index is 2.66. The van der Waals surface area contributed by atoms with Gasteiger partial charge in [-0.2, -0.15) is 5.26 Å². The average molecular weight is 227 g/mol. The number of nitrogens with zero attached hydrogens (tertiary/aromatic N) is 1. The van der Waals surface area contributed by atoms with Crippen molar-refractivity contribution in [2.75, 3.05) is 0 Å². The van der Waals surface area contributed by atoms with Crippen LogP contribution in [0.4, 0.5) is 0 Å². The normalized spacial score (nSPS) is 11.0. The van der Waals surface area contributed by atoms with E-state index < -0.39 is 0 Å². The van der Waals surface area contributed by atoms with Gasteiger partial charge in [0.25, 0.3) is 0 Å². The predicted octanol–water partition coefficient (Wildman–Crippen LogP) is 4.38. The lowest BCUT2D eigenvalue weighted by atomic mass is 9.98. The highest BCUT2D eigenvalue weighted by Gasteiger charge is 2.16. The van der Waals surface area contributed by atoms with Gasteiger partial charge in [-0.05, 0) is 30.0 Å². The van der Waals surface area contributed by atoms with Crippen molar-refractivity contribution in [3.63, 3.8) is 0 Å². The van der Waals surface area contributed by atoms with Crippen LogP contribution in [0.25, 0.3) is 11.0 Å². The van der Waals surface area contributed by atoms with Crippen molar-refractivity contribution in [2.24, 2.45) is 0 Å². The summed E-state index contributed by atoms with van der Waals surface area (Å²) in [5.74, 6) is 0.770. The maximum Gasteiger partial charge on any atom is 0.208 e. The van der Waals surface area contributed by atoms with E-state index in [4.69, 9.17) is 9.68 Å². The van der Waals surface area contributed by atoms with Crippen molar-refractivity contribution in [1.29, 1.82) is 5.26 Å². The van der Waals surface area contributed by atoms with Gasteiger partial charge in [0, 0.05) is 10.9 Å². The molecule has 0 saturated heterocycles. The first-order valence-corrected chi connectivity index (χ1v) is 6.12. The smallest absolute Gasteiger partial charge is 0.208 e. The van der Waals surface area contributed by atoms with Gasteiger partial charge in [-0.3, -0.25) is 0 Å². The summed E-state index contributed by atoms with van der Waals surface area (Å²) in [4.78, 5) is 0. The molecular weight excluding hydrogens is 210 g/mol. The van der Waals surface area contributed by atoms with Crippen LogP contribution in [-0.4, -0.2) is 0 Å². The zero-order chi connectivity index (χ0) is 12.4. The molecule has 1 heterocycles. The van der Waals surface area contributed by atoms with E-state index in [-0.39, 0.29) is 0 Å². The minimum atomic E-state index is 0.308. The summed E-state index contributed by atoms with van der Waals surface area (Å²) >= 11 is 0. The monoisotopic (exact) mass is 227 g/mol. The van der Waals surface area contributed by atoms with E-state index in [0.29, 0.717) is 11.7 Å². The van der Waals surface area contributed by atoms with Crippen LogP contribution in [-0.2, 0) is 6.42 Å². The zero-order valence-corrected chi connectivity index (χ0v) is 10.6. The summed E-state index contributed by atoms with van der Waals surface area (Å²) < 4.78 is 5.58. The number of hydrogen-bond acceptors (Lipinski definition) is 2. The first-order valence-electron chi connectivity index (χ1n) is 6.12. The molecule has 88 valence electrons. The van der Waals surface area contributed by atoms with Crippen LogP contribution in [0.1, 0.15) is 50.0 Å². The van der Waals surface area contributed by atoms with Crippen LogP contribution >= 0.6 is 0 Å². The number of aryl methyl sites for hydroxylation is 1. The maximum absolute atomic E-state index is 9.10. The second kappa shape index (κ2) is 4.63. The fraction of sp³-hybridized carbons (Fsp3) is 0.400. The van der Waals surface area contributed by atoms with Crippen molar-refractivity contribution in [1.82, 2.24) is 0 Å². The molecule has 0 saturated carbocycles. The SMILES string of the molecule is CCCc1ccc2oc(C#N)c(C(C)C)c2c1. The molecular formula is C15H17NO. The molecule has 0 aliphatic heterocycles. The predicted molar refractivity (Wildman–Crippen MR) is 69.0 cm³/mol. The minimum absolute atomic E-state index is 0.308. The Bertz CT molecular complexity index is 572. The van der Waals surface area contributed by atoms with Gasteiger partial charge in [0.05, 0.1) is 0 Å². The highest BCUT2D eigenvalue weighted by Crippen LogP contribution is 2.32. The number of furan rings is 1. The molecule has 0 unspecified atom stereocenters. The van der Waals surface area contributed by atoms with Crippen LogP contribution in [0, 0.1) is 11.3 Å². The molecule has 2 rings (SSSR count). The average Bonchev–Trinajstić information content (AvgIpc) is 2.67. The molecule has 17 heavy (non-hydrogen) atoms. The topological polar surface area (TPSA) is 36.9 Å². The lowest BCUT2D eigenvalue weighted by Gasteiger charge is -2.03. The molecule has 2 aromatic rings. The quantitative estimate of drug-likeness (QED) is 0.780. The lowest BCUT2D eigenvalue weighted by molar-refractivity contribution is 0.589. The first-order chi connectivity index (χ1) is 8.17. The van der Waals surface area contributed by atoms with Gasteiger partial charge in [-0.15, -0.1) is 0 Å². The zero-order valence-electron chi connectivity index (χ0n) is 10.6. The van der Waals surface area contributed by atoms with E-state index in [0.717, 1.165) is 29.4 Å². The molecule has 0 atom stereocenters. The third kappa shape index (κ3) is 2.06. The molecule has 1 aromatic heterocycles. The van der Waals surface area contributed by atoms with Gasteiger partial charge >= 0.3 is 0 Å². The number of nitriles is 1. The van der Waals surface area contributed by atoms with Gasteiger partial charge in [-0.25, -0.2) is 0 Å². The summed E-state index contributed by atoms with van der Waals surface area (Å²) in [5.41, 5.74) is 3.18. The van der Waals surface area contributed by atoms with Crippen molar-refractivity contribution in [3.05, 3.63) is 35.1 Å². The summed E-state index contributed by atoms with van der Waals surface area (Å²) in [6.45, 7) is 6.36. The van der Waals surface area contributed by atoms with Crippen LogP contribution in [0.2, 0.25) is 0 Å². The van der Waals surface area contributed by atoms with E-state index >= 15 is 0 Å². The standard InChI is InChI=1S/C15H17NO/c1-4-5-11-6-7-13-12(8-11)15(10(2)3)14(9-16)17-13/h6-8,10H,4-5H2,1-3H3. The van der Waals surface area contributed by atoms with Crippen molar-refractivity contribution in [3.8, 4) is 6.07 Å². The molecule has 0 amide bonds. The van der Waals surface area contributed by atoms with Gasteiger partial charge in [0.2, 0.25) is 5.76 Å². The summed E-state index contributed by atoms with van der Waals surface area (Å²) in [5, 5.41) is 10.2. The number of hydrogen-bond donors (Lipinski definition) is 0. The largest absolute Gasteiger partial charge is 0.445 e. The first kappa shape index (κ1) is 11.7. The lowest BCUT2D eigenvalue weighted by Crippen LogP contribution is -1.89. The fourth-order valence-electron chi connectivity index (χ4n) is 2.26. The van der Waals surface area contributed by atoms with E-state index in [1.54, 1.807) is 0 Å².